The first-order valence-electron chi connectivity index (χ1n) is 14.1. The number of benzene rings is 2. The van der Waals surface area contributed by atoms with Gasteiger partial charge in [0.05, 0.1) is 30.1 Å². The van der Waals surface area contributed by atoms with Crippen LogP contribution in [0.3, 0.4) is 0 Å². The highest BCUT2D eigenvalue weighted by Gasteiger charge is 2.57. The highest BCUT2D eigenvalue weighted by atomic mass is 32.1. The molecule has 2 aromatic heterocycles. The van der Waals surface area contributed by atoms with E-state index in [0.717, 1.165) is 31.7 Å². The fraction of sp³-hybridized carbons (Fsp3) is 0.344. The Morgan fingerprint density at radius 2 is 1.87 bits per heavy atom. The lowest BCUT2D eigenvalue weighted by Crippen LogP contribution is -2.67. The Bertz CT molecular complexity index is 1690. The number of alkyl halides is 4. The van der Waals surface area contributed by atoms with Crippen LogP contribution >= 0.6 is 12.6 Å². The molecule has 1 amide bonds. The number of carbonyl (C=O) groups is 1. The van der Waals surface area contributed by atoms with Crippen molar-refractivity contribution in [1.29, 1.82) is 0 Å². The van der Waals surface area contributed by atoms with Crippen LogP contribution in [0.2, 0.25) is 0 Å². The Labute approximate surface area is 261 Å². The van der Waals surface area contributed by atoms with Crippen molar-refractivity contribution in [2.75, 3.05) is 24.9 Å². The van der Waals surface area contributed by atoms with Gasteiger partial charge in [-0.05, 0) is 67.8 Å². The van der Waals surface area contributed by atoms with Crippen LogP contribution in [-0.2, 0) is 17.9 Å². The minimum Gasteiger partial charge on any atom is -0.390 e. The molecule has 238 valence electrons. The lowest BCUT2D eigenvalue weighted by Gasteiger charge is -2.62. The lowest BCUT2D eigenvalue weighted by molar-refractivity contribution is -0.137. The number of ether oxygens (including phenoxy) is 1. The topological polar surface area (TPSA) is 87.6 Å². The number of nitrogens with zero attached hydrogens (tertiary/aromatic N) is 3. The maximum absolute atomic E-state index is 15.8. The summed E-state index contributed by atoms with van der Waals surface area (Å²) in [6.45, 7) is -1.50. The number of anilines is 1. The predicted molar refractivity (Wildman–Crippen MR) is 162 cm³/mol. The predicted octanol–water partition coefficient (Wildman–Crippen LogP) is 6.63. The number of fused-ring (bicyclic) bond motifs is 1. The fourth-order valence-electron chi connectivity index (χ4n) is 6.30. The summed E-state index contributed by atoms with van der Waals surface area (Å²) < 4.78 is 64.2. The Morgan fingerprint density at radius 1 is 1.13 bits per heavy atom. The SMILES string of the molecule is CC1(O)CC2(CN(c3cccc(-c4ccc5cnc(CNC(=O)c6cc(S)cc(COC(F)F)c6)cc5c4F)n3)C2)C1.FCF. The van der Waals surface area contributed by atoms with Crippen LogP contribution in [-0.4, -0.2) is 53.2 Å². The van der Waals surface area contributed by atoms with E-state index < -0.39 is 30.9 Å². The molecule has 3 heterocycles. The molecule has 0 unspecified atom stereocenters. The number of nitrogens with one attached hydrogen (secondary N) is 1. The number of carbonyl (C=O) groups excluding carboxylic acids is 1. The van der Waals surface area contributed by atoms with E-state index in [9.17, 15) is 27.5 Å². The van der Waals surface area contributed by atoms with Gasteiger partial charge in [0.2, 0.25) is 6.93 Å². The monoisotopic (exact) mass is 646 g/mol. The van der Waals surface area contributed by atoms with E-state index in [1.165, 1.54) is 18.2 Å². The molecule has 2 aromatic carbocycles. The van der Waals surface area contributed by atoms with E-state index in [-0.39, 0.29) is 24.1 Å². The molecule has 1 spiro atoms. The Hall–Kier alpha value is -3.81. The van der Waals surface area contributed by atoms with E-state index >= 15 is 4.39 Å². The van der Waals surface area contributed by atoms with Crippen molar-refractivity contribution in [3.05, 3.63) is 83.4 Å². The Morgan fingerprint density at radius 3 is 2.56 bits per heavy atom. The summed E-state index contributed by atoms with van der Waals surface area (Å²) >= 11 is 4.25. The number of aliphatic hydroxyl groups is 1. The van der Waals surface area contributed by atoms with Gasteiger partial charge >= 0.3 is 6.61 Å². The van der Waals surface area contributed by atoms with Crippen LogP contribution in [0.15, 0.2) is 65.7 Å². The van der Waals surface area contributed by atoms with Crippen LogP contribution in [0.25, 0.3) is 22.0 Å². The van der Waals surface area contributed by atoms with Crippen molar-refractivity contribution in [1.82, 2.24) is 15.3 Å². The van der Waals surface area contributed by atoms with Gasteiger partial charge in [-0.3, -0.25) is 9.78 Å². The number of amides is 1. The molecular formula is C32H31F5N4O3S. The van der Waals surface area contributed by atoms with Crippen molar-refractivity contribution in [3.8, 4) is 11.3 Å². The molecule has 2 aliphatic rings. The standard InChI is InChI=1S/C31H29F3N4O3S.CH2F2/c1-30(40)14-31(15-30)16-38(17-31)26-4-2-3-25(37-26)23-6-5-19-11-35-21(10-24(19)27(23)32)12-36-28(39)20-7-18(8-22(42)9-20)13-41-29(33)34;2-1-3/h2-11,29,40,42H,12-17H2,1H3,(H,36,39);1H2. The summed E-state index contributed by atoms with van der Waals surface area (Å²) in [4.78, 5) is 24.5. The second kappa shape index (κ2) is 13.3. The number of aromatic nitrogens is 2. The summed E-state index contributed by atoms with van der Waals surface area (Å²) in [5.74, 6) is -0.121. The summed E-state index contributed by atoms with van der Waals surface area (Å²) in [7, 11) is 0. The first-order chi connectivity index (χ1) is 21.4. The molecule has 0 radical (unpaired) electrons. The third-order valence-electron chi connectivity index (χ3n) is 7.84. The second-order valence-corrected chi connectivity index (χ2v) is 12.2. The average Bonchev–Trinajstić information content (AvgIpc) is 2.96. The lowest BCUT2D eigenvalue weighted by atomic mass is 9.56. The number of hydrogen-bond donors (Lipinski definition) is 3. The maximum atomic E-state index is 15.8. The summed E-state index contributed by atoms with van der Waals surface area (Å²) in [6.07, 6.45) is 3.12. The molecule has 7 nitrogen and oxygen atoms in total. The molecule has 6 rings (SSSR count). The van der Waals surface area contributed by atoms with Crippen molar-refractivity contribution in [2.45, 2.75) is 50.0 Å². The first kappa shape index (κ1) is 32.6. The van der Waals surface area contributed by atoms with Crippen LogP contribution in [0.1, 0.15) is 41.4 Å². The van der Waals surface area contributed by atoms with Crippen molar-refractivity contribution < 1.29 is 36.6 Å². The molecule has 13 heteroatoms. The van der Waals surface area contributed by atoms with Gasteiger partial charge < -0.3 is 20.1 Å². The molecule has 4 aromatic rings. The zero-order valence-electron chi connectivity index (χ0n) is 24.2. The largest absolute Gasteiger partial charge is 0.390 e. The van der Waals surface area contributed by atoms with Crippen LogP contribution in [0.5, 0.6) is 0 Å². The van der Waals surface area contributed by atoms with Crippen LogP contribution < -0.4 is 10.2 Å². The normalized spacial score (nSPS) is 16.2. The molecule has 1 saturated carbocycles. The zero-order valence-corrected chi connectivity index (χ0v) is 25.1. The van der Waals surface area contributed by atoms with Gasteiger partial charge in [-0.15, -0.1) is 12.6 Å². The van der Waals surface area contributed by atoms with Gasteiger partial charge in [0.1, 0.15) is 11.6 Å². The molecule has 0 bridgehead atoms. The van der Waals surface area contributed by atoms with Crippen LogP contribution in [0, 0.1) is 11.2 Å². The van der Waals surface area contributed by atoms with E-state index in [1.54, 1.807) is 30.5 Å². The smallest absolute Gasteiger partial charge is 0.345 e. The van der Waals surface area contributed by atoms with Gasteiger partial charge in [-0.1, -0.05) is 12.1 Å². The fourth-order valence-corrected chi connectivity index (χ4v) is 6.61. The third-order valence-corrected chi connectivity index (χ3v) is 8.10. The number of rotatable bonds is 8. The van der Waals surface area contributed by atoms with Crippen molar-refractivity contribution >= 4 is 35.1 Å². The van der Waals surface area contributed by atoms with Crippen molar-refractivity contribution in [3.63, 3.8) is 0 Å². The van der Waals surface area contributed by atoms with Crippen LogP contribution in [0.4, 0.5) is 27.8 Å². The minimum atomic E-state index is -2.93. The number of thiol groups is 1. The van der Waals surface area contributed by atoms with E-state index in [4.69, 9.17) is 4.98 Å². The quantitative estimate of drug-likeness (QED) is 0.147. The van der Waals surface area contributed by atoms with E-state index in [0.29, 0.717) is 38.2 Å². The molecule has 0 atom stereocenters. The third kappa shape index (κ3) is 7.54. The maximum Gasteiger partial charge on any atom is 0.345 e. The first-order valence-corrected chi connectivity index (χ1v) is 14.5. The number of pyridine rings is 2. The van der Waals surface area contributed by atoms with Gasteiger partial charge in [0.25, 0.3) is 5.91 Å². The number of halogens is 5. The van der Waals surface area contributed by atoms with Gasteiger partial charge in [0, 0.05) is 51.5 Å². The zero-order chi connectivity index (χ0) is 32.4. The summed E-state index contributed by atoms with van der Waals surface area (Å²) in [5.41, 5.74) is 1.49. The molecule has 1 aliphatic carbocycles. The summed E-state index contributed by atoms with van der Waals surface area (Å²) in [6, 6.07) is 15.1. The Balaban J connectivity index is 0.00000128. The van der Waals surface area contributed by atoms with E-state index in [2.05, 4.69) is 32.6 Å². The van der Waals surface area contributed by atoms with Crippen molar-refractivity contribution in [2.24, 2.45) is 5.41 Å². The number of hydrogen-bond acceptors (Lipinski definition) is 7. The molecule has 2 fully saturated rings. The summed E-state index contributed by atoms with van der Waals surface area (Å²) in [5, 5.41) is 13.8. The second-order valence-electron chi connectivity index (χ2n) is 11.7. The molecular weight excluding hydrogens is 615 g/mol. The van der Waals surface area contributed by atoms with Gasteiger partial charge in [-0.25, -0.2) is 18.2 Å². The molecule has 45 heavy (non-hydrogen) atoms. The highest BCUT2D eigenvalue weighted by Crippen LogP contribution is 2.54. The highest BCUT2D eigenvalue weighted by molar-refractivity contribution is 7.80. The van der Waals surface area contributed by atoms with E-state index in [1.807, 2.05) is 19.1 Å². The molecule has 1 aliphatic heterocycles. The molecule has 1 saturated heterocycles. The molecule has 2 N–H and O–H groups in total. The minimum absolute atomic E-state index is 0.0233. The average molecular weight is 647 g/mol. The van der Waals surface area contributed by atoms with Gasteiger partial charge in [-0.2, -0.15) is 8.78 Å². The Kier molecular flexibility index (Phi) is 9.61. The van der Waals surface area contributed by atoms with Gasteiger partial charge in [0.15, 0.2) is 0 Å².